The Morgan fingerprint density at radius 2 is 1.87 bits per heavy atom. The van der Waals surface area contributed by atoms with Crippen LogP contribution >= 0.6 is 11.6 Å². The van der Waals surface area contributed by atoms with Gasteiger partial charge in [0.15, 0.2) is 5.82 Å². The van der Waals surface area contributed by atoms with Gasteiger partial charge in [0.25, 0.3) is 0 Å². The number of anilines is 3. The van der Waals surface area contributed by atoms with Gasteiger partial charge in [-0.15, -0.1) is 5.10 Å². The van der Waals surface area contributed by atoms with Gasteiger partial charge in [-0.1, -0.05) is 22.9 Å². The molecule has 10 nitrogen and oxygen atoms in total. The van der Waals surface area contributed by atoms with Crippen LogP contribution in [0.4, 0.5) is 25.8 Å². The average molecular weight is 629 g/mol. The highest BCUT2D eigenvalue weighted by molar-refractivity contribution is 6.36. The van der Waals surface area contributed by atoms with E-state index in [0.717, 1.165) is 43.8 Å². The third-order valence-corrected chi connectivity index (χ3v) is 8.34. The number of hydrogen-bond donors (Lipinski definition) is 2. The standard InChI is InChI=1S/C32H31ClF2N10/c1-32(2,3)44-9-6-23(7-10-44)45-18-27(42-43-45)29(19-5-4-8-37-15-19)40-21-11-24-28(41-22-13-26(34)31(35)39-17-22)20(14-36)16-38-30(24)25(33)12-21/h4-5,8,11-13,15-18,23,29,40H,6-7,9-10H2,1-3H3,(H,38,41)/t29-/m0/s1. The van der Waals surface area contributed by atoms with E-state index in [2.05, 4.69) is 67.6 Å². The van der Waals surface area contributed by atoms with Crippen molar-refractivity contribution in [2.75, 3.05) is 23.7 Å². The molecule has 1 aliphatic heterocycles. The minimum Gasteiger partial charge on any atom is -0.373 e. The quantitative estimate of drug-likeness (QED) is 0.187. The van der Waals surface area contributed by atoms with Gasteiger partial charge in [-0.3, -0.25) is 14.9 Å². The van der Waals surface area contributed by atoms with Crippen LogP contribution in [0.15, 0.2) is 61.3 Å². The van der Waals surface area contributed by atoms with Gasteiger partial charge in [0.05, 0.1) is 52.0 Å². The van der Waals surface area contributed by atoms with Gasteiger partial charge < -0.3 is 10.6 Å². The number of hydrogen-bond acceptors (Lipinski definition) is 9. The number of likely N-dealkylation sites (tertiary alicyclic amines) is 1. The summed E-state index contributed by atoms with van der Waals surface area (Å²) in [6.07, 6.45) is 9.91. The molecule has 0 spiro atoms. The Hall–Kier alpha value is -4.73. The number of piperidine rings is 1. The van der Waals surface area contributed by atoms with Crippen LogP contribution in [0, 0.1) is 23.1 Å². The second-order valence-electron chi connectivity index (χ2n) is 12.0. The number of fused-ring (bicyclic) bond motifs is 1. The number of pyridine rings is 3. The number of benzene rings is 1. The number of aromatic nitrogens is 6. The second kappa shape index (κ2) is 12.3. The Labute approximate surface area is 264 Å². The van der Waals surface area contributed by atoms with Gasteiger partial charge >= 0.3 is 0 Å². The molecule has 0 aliphatic carbocycles. The summed E-state index contributed by atoms with van der Waals surface area (Å²) in [5, 5.41) is 26.3. The van der Waals surface area contributed by atoms with Gasteiger partial charge in [0.2, 0.25) is 5.95 Å². The molecule has 4 aromatic heterocycles. The Bertz CT molecular complexity index is 1880. The number of halogens is 3. The Morgan fingerprint density at radius 1 is 1.07 bits per heavy atom. The number of nitrogens with zero attached hydrogens (tertiary/aromatic N) is 8. The van der Waals surface area contributed by atoms with E-state index in [1.54, 1.807) is 24.5 Å². The van der Waals surface area contributed by atoms with Crippen LogP contribution in [0.1, 0.15) is 62.5 Å². The van der Waals surface area contributed by atoms with E-state index >= 15 is 0 Å². The van der Waals surface area contributed by atoms with Crippen molar-refractivity contribution in [3.63, 3.8) is 0 Å². The minimum atomic E-state index is -1.22. The lowest BCUT2D eigenvalue weighted by Gasteiger charge is -2.40. The Balaban J connectivity index is 1.35. The Morgan fingerprint density at radius 3 is 2.56 bits per heavy atom. The van der Waals surface area contributed by atoms with E-state index in [0.29, 0.717) is 33.0 Å². The maximum Gasteiger partial charge on any atom is 0.249 e. The predicted molar refractivity (Wildman–Crippen MR) is 168 cm³/mol. The molecule has 6 rings (SSSR count). The monoisotopic (exact) mass is 628 g/mol. The Kier molecular flexibility index (Phi) is 8.31. The zero-order valence-electron chi connectivity index (χ0n) is 25.0. The zero-order valence-corrected chi connectivity index (χ0v) is 25.7. The van der Waals surface area contributed by atoms with Crippen molar-refractivity contribution in [2.45, 2.75) is 51.2 Å². The summed E-state index contributed by atoms with van der Waals surface area (Å²) in [6.45, 7) is 8.68. The molecular formula is C32H31ClF2N10. The van der Waals surface area contributed by atoms with E-state index in [4.69, 9.17) is 11.6 Å². The summed E-state index contributed by atoms with van der Waals surface area (Å²) in [5.74, 6) is -2.34. The summed E-state index contributed by atoms with van der Waals surface area (Å²) < 4.78 is 29.4. The second-order valence-corrected chi connectivity index (χ2v) is 12.4. The molecule has 2 N–H and O–H groups in total. The summed E-state index contributed by atoms with van der Waals surface area (Å²) in [5.41, 5.74) is 3.38. The fraction of sp³-hybridized carbons (Fsp3) is 0.312. The van der Waals surface area contributed by atoms with Crippen LogP contribution in [0.5, 0.6) is 0 Å². The normalized spacial score (nSPS) is 15.1. The van der Waals surface area contributed by atoms with Gasteiger partial charge in [-0.2, -0.15) is 9.65 Å². The fourth-order valence-electron chi connectivity index (χ4n) is 5.64. The number of nitrogens with one attached hydrogen (secondary N) is 2. The lowest BCUT2D eigenvalue weighted by atomic mass is 9.98. The molecular weight excluding hydrogens is 598 g/mol. The largest absolute Gasteiger partial charge is 0.373 e. The molecule has 0 radical (unpaired) electrons. The van der Waals surface area contributed by atoms with Crippen LogP contribution < -0.4 is 10.6 Å². The lowest BCUT2D eigenvalue weighted by Crippen LogP contribution is -2.46. The molecule has 1 atom stereocenters. The van der Waals surface area contributed by atoms with E-state index in [9.17, 15) is 14.0 Å². The van der Waals surface area contributed by atoms with Crippen LogP contribution in [0.25, 0.3) is 10.9 Å². The fourth-order valence-corrected chi connectivity index (χ4v) is 5.91. The molecule has 5 aromatic rings. The highest BCUT2D eigenvalue weighted by Gasteiger charge is 2.29. The molecule has 0 amide bonds. The van der Waals surface area contributed by atoms with Gasteiger partial charge in [0, 0.05) is 54.4 Å². The third-order valence-electron chi connectivity index (χ3n) is 8.05. The summed E-state index contributed by atoms with van der Waals surface area (Å²) in [7, 11) is 0. The molecule has 5 heterocycles. The first-order valence-corrected chi connectivity index (χ1v) is 14.9. The average Bonchev–Trinajstić information content (AvgIpc) is 3.52. The van der Waals surface area contributed by atoms with Gasteiger partial charge in [0.1, 0.15) is 11.8 Å². The molecule has 1 aromatic carbocycles. The zero-order chi connectivity index (χ0) is 31.7. The van der Waals surface area contributed by atoms with Gasteiger partial charge in [-0.25, -0.2) is 14.1 Å². The molecule has 0 unspecified atom stereocenters. The van der Waals surface area contributed by atoms with E-state index in [1.807, 2.05) is 23.0 Å². The molecule has 1 aliphatic rings. The van der Waals surface area contributed by atoms with E-state index in [1.165, 1.54) is 6.20 Å². The molecule has 1 fully saturated rings. The van der Waals surface area contributed by atoms with Crippen molar-refractivity contribution < 1.29 is 8.78 Å². The highest BCUT2D eigenvalue weighted by Crippen LogP contribution is 2.37. The van der Waals surface area contributed by atoms with Crippen LogP contribution in [-0.4, -0.2) is 53.5 Å². The first kappa shape index (κ1) is 30.3. The molecule has 0 saturated carbocycles. The first-order valence-electron chi connectivity index (χ1n) is 14.5. The number of rotatable bonds is 7. The molecule has 230 valence electrons. The lowest BCUT2D eigenvalue weighted by molar-refractivity contribution is 0.0866. The predicted octanol–water partition coefficient (Wildman–Crippen LogP) is 6.80. The third kappa shape index (κ3) is 6.41. The summed E-state index contributed by atoms with van der Waals surface area (Å²) in [6, 6.07) is 10.2. The topological polar surface area (TPSA) is 120 Å². The smallest absolute Gasteiger partial charge is 0.249 e. The van der Waals surface area contributed by atoms with Crippen LogP contribution in [0.2, 0.25) is 5.02 Å². The number of nitriles is 1. The van der Waals surface area contributed by atoms with Crippen molar-refractivity contribution in [2.24, 2.45) is 0 Å². The van der Waals surface area contributed by atoms with Crippen molar-refractivity contribution in [1.82, 2.24) is 34.8 Å². The summed E-state index contributed by atoms with van der Waals surface area (Å²) >= 11 is 6.72. The molecule has 0 bridgehead atoms. The van der Waals surface area contributed by atoms with Crippen molar-refractivity contribution in [1.29, 1.82) is 5.26 Å². The molecule has 1 saturated heterocycles. The highest BCUT2D eigenvalue weighted by atomic mass is 35.5. The van der Waals surface area contributed by atoms with E-state index < -0.39 is 17.8 Å². The van der Waals surface area contributed by atoms with Crippen molar-refractivity contribution in [3.05, 3.63) is 94.9 Å². The minimum absolute atomic E-state index is 0.125. The van der Waals surface area contributed by atoms with Crippen molar-refractivity contribution >= 4 is 39.6 Å². The van der Waals surface area contributed by atoms with Crippen LogP contribution in [-0.2, 0) is 0 Å². The maximum atomic E-state index is 14.0. The van der Waals surface area contributed by atoms with E-state index in [-0.39, 0.29) is 22.8 Å². The summed E-state index contributed by atoms with van der Waals surface area (Å²) in [4.78, 5) is 14.6. The first-order chi connectivity index (χ1) is 21.6. The van der Waals surface area contributed by atoms with Crippen molar-refractivity contribution in [3.8, 4) is 6.07 Å². The maximum absolute atomic E-state index is 14.0. The van der Waals surface area contributed by atoms with Crippen LogP contribution in [0.3, 0.4) is 0 Å². The molecule has 45 heavy (non-hydrogen) atoms. The molecule has 13 heteroatoms. The SMILES string of the molecule is CC(C)(C)N1CCC(n2cc([C@@H](Nc3cc(Cl)c4ncc(C#N)c(Nc5cnc(F)c(F)c5)c4c3)c3cccnc3)nn2)CC1. The van der Waals surface area contributed by atoms with Gasteiger partial charge in [-0.05, 0) is 57.4 Å².